The number of aromatic amines is 1. The summed E-state index contributed by atoms with van der Waals surface area (Å²) >= 11 is 6.12. The number of nitrogens with one attached hydrogen (secondary N) is 2. The number of hydrogen-bond donors (Lipinski definition) is 2. The number of amides is 1. The van der Waals surface area contributed by atoms with Gasteiger partial charge < -0.3 is 9.55 Å². The number of pyridine rings is 1. The Kier molecular flexibility index (Phi) is 4.64. The fourth-order valence-corrected chi connectivity index (χ4v) is 3.60. The van der Waals surface area contributed by atoms with Crippen molar-refractivity contribution in [2.45, 2.75) is 13.5 Å². The molecule has 0 saturated heterocycles. The van der Waals surface area contributed by atoms with Crippen LogP contribution < -0.4 is 10.3 Å². The molecule has 0 aliphatic carbocycles. The number of H-pyrrole nitrogens is 1. The van der Waals surface area contributed by atoms with Crippen molar-refractivity contribution in [3.05, 3.63) is 57.6 Å². The van der Waals surface area contributed by atoms with E-state index in [2.05, 4.69) is 4.98 Å². The van der Waals surface area contributed by atoms with Crippen LogP contribution >= 0.6 is 11.6 Å². The van der Waals surface area contributed by atoms with Crippen LogP contribution in [0, 0.1) is 0 Å². The third-order valence-corrected chi connectivity index (χ3v) is 4.71. The van der Waals surface area contributed by atoms with E-state index in [9.17, 15) is 18.0 Å². The molecule has 1 amide bonds. The lowest BCUT2D eigenvalue weighted by atomic mass is 10.0. The Labute approximate surface area is 154 Å². The zero-order chi connectivity index (χ0) is 19.1. The van der Waals surface area contributed by atoms with E-state index in [-0.39, 0.29) is 11.3 Å². The van der Waals surface area contributed by atoms with Crippen LogP contribution in [0.25, 0.3) is 22.0 Å². The second-order valence-corrected chi connectivity index (χ2v) is 7.93. The smallest absolute Gasteiger partial charge is 0.282 e. The van der Waals surface area contributed by atoms with Crippen molar-refractivity contribution >= 4 is 38.4 Å². The molecule has 0 bridgehead atoms. The summed E-state index contributed by atoms with van der Waals surface area (Å²) in [4.78, 5) is 27.7. The van der Waals surface area contributed by atoms with E-state index in [1.165, 1.54) is 6.20 Å². The Morgan fingerprint density at radius 3 is 2.65 bits per heavy atom. The first-order valence-corrected chi connectivity index (χ1v) is 10.0. The predicted molar refractivity (Wildman–Crippen MR) is 101 cm³/mol. The Morgan fingerprint density at radius 2 is 2.04 bits per heavy atom. The number of benzene rings is 1. The molecule has 2 N–H and O–H groups in total. The number of hydrogen-bond acceptors (Lipinski definition) is 4. The predicted octanol–water partition coefficient (Wildman–Crippen LogP) is 2.36. The van der Waals surface area contributed by atoms with Gasteiger partial charge in [0.2, 0.25) is 10.0 Å². The summed E-state index contributed by atoms with van der Waals surface area (Å²) in [6, 6.07) is 8.27. The van der Waals surface area contributed by atoms with E-state index in [0.717, 1.165) is 6.26 Å². The molecule has 136 valence electrons. The molecule has 0 fully saturated rings. The summed E-state index contributed by atoms with van der Waals surface area (Å²) in [7, 11) is -3.78. The van der Waals surface area contributed by atoms with Gasteiger partial charge in [-0.05, 0) is 37.3 Å². The number of carbonyl (C=O) groups excluding carboxylic acids is 1. The molecular formula is C17H16ClN3O4S. The van der Waals surface area contributed by atoms with E-state index in [4.69, 9.17) is 11.6 Å². The van der Waals surface area contributed by atoms with Gasteiger partial charge in [-0.3, -0.25) is 9.59 Å². The number of halogens is 1. The van der Waals surface area contributed by atoms with Gasteiger partial charge in [0, 0.05) is 39.8 Å². The number of rotatable bonds is 4. The average Bonchev–Trinajstić information content (AvgIpc) is 2.87. The average molecular weight is 394 g/mol. The number of nitrogens with zero attached hydrogens (tertiary/aromatic N) is 1. The molecule has 3 rings (SSSR count). The van der Waals surface area contributed by atoms with Gasteiger partial charge in [-0.15, -0.1) is 0 Å². The third-order valence-electron chi connectivity index (χ3n) is 3.92. The minimum atomic E-state index is -3.78. The minimum absolute atomic E-state index is 0.0897. The largest absolute Gasteiger partial charge is 0.336 e. The van der Waals surface area contributed by atoms with Crippen LogP contribution in [0.4, 0.5) is 0 Å². The quantitative estimate of drug-likeness (QED) is 0.710. The van der Waals surface area contributed by atoms with Gasteiger partial charge in [0.15, 0.2) is 0 Å². The van der Waals surface area contributed by atoms with E-state index >= 15 is 0 Å². The maximum absolute atomic E-state index is 12.7. The normalized spacial score (nSPS) is 11.7. The monoisotopic (exact) mass is 393 g/mol. The van der Waals surface area contributed by atoms with Crippen molar-refractivity contribution in [3.63, 3.8) is 0 Å². The highest BCUT2D eigenvalue weighted by Gasteiger charge is 2.26. The summed E-state index contributed by atoms with van der Waals surface area (Å²) < 4.78 is 26.8. The van der Waals surface area contributed by atoms with Crippen LogP contribution in [0.2, 0.25) is 5.02 Å². The summed E-state index contributed by atoms with van der Waals surface area (Å²) in [6.07, 6.45) is 2.38. The summed E-state index contributed by atoms with van der Waals surface area (Å²) in [5.74, 6) is -0.806. The minimum Gasteiger partial charge on any atom is -0.336 e. The first-order valence-electron chi connectivity index (χ1n) is 7.75. The van der Waals surface area contributed by atoms with E-state index in [1.54, 1.807) is 34.9 Å². The Balaban J connectivity index is 2.45. The Hall–Kier alpha value is -2.58. The van der Waals surface area contributed by atoms with Crippen molar-refractivity contribution in [3.8, 4) is 11.1 Å². The molecule has 3 aromatic rings. The van der Waals surface area contributed by atoms with Crippen molar-refractivity contribution in [2.24, 2.45) is 0 Å². The zero-order valence-corrected chi connectivity index (χ0v) is 15.6. The molecule has 0 radical (unpaired) electrons. The molecule has 26 heavy (non-hydrogen) atoms. The molecule has 9 heteroatoms. The molecular weight excluding hydrogens is 378 g/mol. The van der Waals surface area contributed by atoms with Crippen LogP contribution in [-0.2, 0) is 16.6 Å². The van der Waals surface area contributed by atoms with Crippen LogP contribution in [0.5, 0.6) is 0 Å². The molecule has 0 spiro atoms. The standard InChI is InChI=1S/C17H16ClN3O4S/c1-3-21-13-7-6-10(18)9-12(13)14(11-5-4-8-19-16(11)22)15(21)17(23)20-26(2,24)25/h4-9H,3H2,1-2H3,(H,19,22)(H,20,23). The highest BCUT2D eigenvalue weighted by Crippen LogP contribution is 2.35. The van der Waals surface area contributed by atoms with Crippen molar-refractivity contribution in [2.75, 3.05) is 6.26 Å². The number of fused-ring (bicyclic) bond motifs is 1. The van der Waals surface area contributed by atoms with Crippen molar-refractivity contribution in [1.29, 1.82) is 0 Å². The van der Waals surface area contributed by atoms with Crippen molar-refractivity contribution in [1.82, 2.24) is 14.3 Å². The van der Waals surface area contributed by atoms with Crippen LogP contribution in [-0.4, -0.2) is 30.1 Å². The topological polar surface area (TPSA) is 101 Å². The van der Waals surface area contributed by atoms with E-state index in [1.807, 2.05) is 11.6 Å². The molecule has 0 aliphatic heterocycles. The van der Waals surface area contributed by atoms with Crippen LogP contribution in [0.3, 0.4) is 0 Å². The van der Waals surface area contributed by atoms with Gasteiger partial charge in [-0.25, -0.2) is 13.1 Å². The molecule has 7 nitrogen and oxygen atoms in total. The van der Waals surface area contributed by atoms with Crippen LogP contribution in [0.1, 0.15) is 17.4 Å². The fourth-order valence-electron chi connectivity index (χ4n) is 3.00. The molecule has 0 unspecified atom stereocenters. The number of carbonyl (C=O) groups is 1. The van der Waals surface area contributed by atoms with Crippen LogP contribution in [0.15, 0.2) is 41.3 Å². The fraction of sp³-hybridized carbons (Fsp3) is 0.176. The molecule has 0 atom stereocenters. The lowest BCUT2D eigenvalue weighted by Gasteiger charge is -2.10. The van der Waals surface area contributed by atoms with Gasteiger partial charge in [0.05, 0.1) is 6.26 Å². The van der Waals surface area contributed by atoms with Gasteiger partial charge in [0.1, 0.15) is 5.69 Å². The third kappa shape index (κ3) is 3.25. The number of aryl methyl sites for hydroxylation is 1. The number of aromatic nitrogens is 2. The first-order chi connectivity index (χ1) is 12.2. The lowest BCUT2D eigenvalue weighted by Crippen LogP contribution is -2.31. The molecule has 0 aliphatic rings. The summed E-state index contributed by atoms with van der Waals surface area (Å²) in [5.41, 5.74) is 0.967. The summed E-state index contributed by atoms with van der Waals surface area (Å²) in [6.45, 7) is 2.22. The Bertz CT molecular complexity index is 1180. The second-order valence-electron chi connectivity index (χ2n) is 5.75. The molecule has 2 aromatic heterocycles. The second kappa shape index (κ2) is 6.62. The van der Waals surface area contributed by atoms with Gasteiger partial charge in [0.25, 0.3) is 11.5 Å². The number of sulfonamides is 1. The maximum atomic E-state index is 12.7. The zero-order valence-electron chi connectivity index (χ0n) is 14.0. The molecule has 1 aromatic carbocycles. The van der Waals surface area contributed by atoms with Gasteiger partial charge in [-0.1, -0.05) is 11.6 Å². The Morgan fingerprint density at radius 1 is 1.31 bits per heavy atom. The highest BCUT2D eigenvalue weighted by atomic mass is 35.5. The summed E-state index contributed by atoms with van der Waals surface area (Å²) in [5, 5.41) is 1.03. The van der Waals surface area contributed by atoms with Gasteiger partial charge in [-0.2, -0.15) is 0 Å². The SMILES string of the molecule is CCn1c(C(=O)NS(C)(=O)=O)c(-c2ccc[nH]c2=O)c2cc(Cl)ccc21. The highest BCUT2D eigenvalue weighted by molar-refractivity contribution is 7.89. The lowest BCUT2D eigenvalue weighted by molar-refractivity contribution is 0.0974. The first kappa shape index (κ1) is 18.2. The molecule has 0 saturated carbocycles. The molecule has 2 heterocycles. The maximum Gasteiger partial charge on any atom is 0.282 e. The van der Waals surface area contributed by atoms with E-state index < -0.39 is 21.5 Å². The van der Waals surface area contributed by atoms with E-state index in [0.29, 0.717) is 28.0 Å². The van der Waals surface area contributed by atoms with Crippen molar-refractivity contribution < 1.29 is 13.2 Å². The van der Waals surface area contributed by atoms with Gasteiger partial charge >= 0.3 is 0 Å².